The summed E-state index contributed by atoms with van der Waals surface area (Å²) in [6.07, 6.45) is 0. The number of amides is 1. The van der Waals surface area contributed by atoms with Crippen molar-refractivity contribution in [3.63, 3.8) is 0 Å². The lowest BCUT2D eigenvalue weighted by Gasteiger charge is -2.13. The third kappa shape index (κ3) is 3.95. The molecule has 2 aromatic rings. The van der Waals surface area contributed by atoms with Gasteiger partial charge in [0.05, 0.1) is 5.69 Å². The van der Waals surface area contributed by atoms with Gasteiger partial charge in [0, 0.05) is 11.1 Å². The Morgan fingerprint density at radius 3 is 2.45 bits per heavy atom. The molecule has 0 aliphatic carbocycles. The number of rotatable bonds is 4. The maximum atomic E-state index is 13.4. The number of carbonyl (C=O) groups is 1. The zero-order valence-corrected chi connectivity index (χ0v) is 12.8. The van der Waals surface area contributed by atoms with Crippen molar-refractivity contribution in [2.24, 2.45) is 0 Å². The monoisotopic (exact) mass is 325 g/mol. The van der Waals surface area contributed by atoms with Crippen LogP contribution in [0.1, 0.15) is 11.1 Å². The summed E-state index contributed by atoms with van der Waals surface area (Å²) in [6.45, 7) is 3.29. The largest absolute Gasteiger partial charge is 0.483 e. The molecule has 0 atom stereocenters. The molecule has 0 heterocycles. The van der Waals surface area contributed by atoms with Crippen LogP contribution >= 0.6 is 11.6 Å². The standard InChI is InChI=1S/C16H14ClF2NO2/c1-9-5-11(17)6-10(2)16(9)22-8-15(21)20-14-7-12(18)3-4-13(14)19/h3-7H,8H2,1-2H3,(H,20,21). The SMILES string of the molecule is Cc1cc(Cl)cc(C)c1OCC(=O)Nc1cc(F)ccc1F. The Morgan fingerprint density at radius 2 is 1.82 bits per heavy atom. The molecule has 0 aromatic heterocycles. The van der Waals surface area contributed by atoms with Gasteiger partial charge in [-0.3, -0.25) is 4.79 Å². The van der Waals surface area contributed by atoms with Crippen LogP contribution in [0.4, 0.5) is 14.5 Å². The van der Waals surface area contributed by atoms with E-state index < -0.39 is 17.5 Å². The summed E-state index contributed by atoms with van der Waals surface area (Å²) < 4.78 is 31.9. The molecule has 0 unspecified atom stereocenters. The van der Waals surface area contributed by atoms with Crippen molar-refractivity contribution in [1.29, 1.82) is 0 Å². The lowest BCUT2D eigenvalue weighted by molar-refractivity contribution is -0.118. The second kappa shape index (κ2) is 6.75. The molecule has 2 rings (SSSR count). The van der Waals surface area contributed by atoms with Gasteiger partial charge in [0.15, 0.2) is 6.61 Å². The Kier molecular flexibility index (Phi) is 4.98. The van der Waals surface area contributed by atoms with Crippen molar-refractivity contribution in [2.75, 3.05) is 11.9 Å². The molecule has 2 aromatic carbocycles. The molecule has 3 nitrogen and oxygen atoms in total. The maximum absolute atomic E-state index is 13.4. The Balaban J connectivity index is 2.03. The summed E-state index contributed by atoms with van der Waals surface area (Å²) in [4.78, 5) is 11.8. The number of anilines is 1. The minimum atomic E-state index is -0.714. The summed E-state index contributed by atoms with van der Waals surface area (Å²) in [5.41, 5.74) is 1.35. The van der Waals surface area contributed by atoms with E-state index in [9.17, 15) is 13.6 Å². The molecular formula is C16H14ClF2NO2. The molecular weight excluding hydrogens is 312 g/mol. The molecule has 116 valence electrons. The molecule has 0 radical (unpaired) electrons. The number of hydrogen-bond acceptors (Lipinski definition) is 2. The van der Waals surface area contributed by atoms with Crippen LogP contribution in [0.15, 0.2) is 30.3 Å². The topological polar surface area (TPSA) is 38.3 Å². The lowest BCUT2D eigenvalue weighted by atomic mass is 10.1. The van der Waals surface area contributed by atoms with Gasteiger partial charge in [-0.2, -0.15) is 0 Å². The smallest absolute Gasteiger partial charge is 0.262 e. The summed E-state index contributed by atoms with van der Waals surface area (Å²) in [7, 11) is 0. The third-order valence-corrected chi connectivity index (χ3v) is 3.19. The molecule has 1 amide bonds. The van der Waals surface area contributed by atoms with Gasteiger partial charge in [-0.25, -0.2) is 8.78 Å². The molecule has 0 spiro atoms. The summed E-state index contributed by atoms with van der Waals surface area (Å²) in [5, 5.41) is 2.84. The van der Waals surface area contributed by atoms with E-state index >= 15 is 0 Å². The van der Waals surface area contributed by atoms with Crippen molar-refractivity contribution < 1.29 is 18.3 Å². The van der Waals surface area contributed by atoms with Gasteiger partial charge >= 0.3 is 0 Å². The van der Waals surface area contributed by atoms with Gasteiger partial charge in [-0.15, -0.1) is 0 Å². The van der Waals surface area contributed by atoms with E-state index in [0.717, 1.165) is 29.3 Å². The molecule has 6 heteroatoms. The summed E-state index contributed by atoms with van der Waals surface area (Å²) in [6, 6.07) is 6.26. The van der Waals surface area contributed by atoms with Gasteiger partial charge in [-0.05, 0) is 49.2 Å². The second-order valence-corrected chi connectivity index (χ2v) is 5.27. The Labute approximate surface area is 131 Å². The Morgan fingerprint density at radius 1 is 1.18 bits per heavy atom. The first-order valence-corrected chi connectivity index (χ1v) is 6.89. The van der Waals surface area contributed by atoms with Crippen LogP contribution in [0.2, 0.25) is 5.02 Å². The first kappa shape index (κ1) is 16.2. The van der Waals surface area contributed by atoms with Crippen molar-refractivity contribution in [3.05, 3.63) is 58.1 Å². The molecule has 0 saturated carbocycles. The van der Waals surface area contributed by atoms with E-state index in [1.54, 1.807) is 26.0 Å². The first-order valence-electron chi connectivity index (χ1n) is 6.51. The average Bonchev–Trinajstić information content (AvgIpc) is 2.41. The van der Waals surface area contributed by atoms with Crippen molar-refractivity contribution >= 4 is 23.2 Å². The minimum absolute atomic E-state index is 0.224. The van der Waals surface area contributed by atoms with E-state index in [0.29, 0.717) is 10.8 Å². The van der Waals surface area contributed by atoms with E-state index in [4.69, 9.17) is 16.3 Å². The molecule has 1 N–H and O–H groups in total. The van der Waals surface area contributed by atoms with E-state index in [2.05, 4.69) is 5.32 Å². The summed E-state index contributed by atoms with van der Waals surface area (Å²) >= 11 is 5.91. The summed E-state index contributed by atoms with van der Waals surface area (Å²) in [5.74, 6) is -1.40. The van der Waals surface area contributed by atoms with E-state index in [-0.39, 0.29) is 12.3 Å². The fourth-order valence-electron chi connectivity index (χ4n) is 2.04. The number of nitrogens with one attached hydrogen (secondary N) is 1. The van der Waals surface area contributed by atoms with Crippen LogP contribution in [-0.2, 0) is 4.79 Å². The highest BCUT2D eigenvalue weighted by Crippen LogP contribution is 2.27. The van der Waals surface area contributed by atoms with E-state index in [1.165, 1.54) is 0 Å². The number of carbonyl (C=O) groups excluding carboxylic acids is 1. The van der Waals surface area contributed by atoms with Gasteiger partial charge in [-0.1, -0.05) is 11.6 Å². The quantitative estimate of drug-likeness (QED) is 0.912. The average molecular weight is 326 g/mol. The van der Waals surface area contributed by atoms with E-state index in [1.807, 2.05) is 0 Å². The number of ether oxygens (including phenoxy) is 1. The first-order chi connectivity index (χ1) is 10.4. The van der Waals surface area contributed by atoms with Gasteiger partial charge in [0.1, 0.15) is 17.4 Å². The third-order valence-electron chi connectivity index (χ3n) is 2.98. The van der Waals surface area contributed by atoms with Crippen LogP contribution < -0.4 is 10.1 Å². The van der Waals surface area contributed by atoms with Crippen molar-refractivity contribution in [1.82, 2.24) is 0 Å². The minimum Gasteiger partial charge on any atom is -0.483 e. The van der Waals surface area contributed by atoms with Crippen LogP contribution in [-0.4, -0.2) is 12.5 Å². The lowest BCUT2D eigenvalue weighted by Crippen LogP contribution is -2.21. The molecule has 0 aliphatic rings. The Bertz CT molecular complexity index is 696. The normalized spacial score (nSPS) is 10.4. The number of aryl methyl sites for hydroxylation is 2. The van der Waals surface area contributed by atoms with Crippen LogP contribution in [0, 0.1) is 25.5 Å². The fourth-order valence-corrected chi connectivity index (χ4v) is 2.37. The molecule has 0 fully saturated rings. The number of hydrogen-bond donors (Lipinski definition) is 1. The predicted octanol–water partition coefficient (Wildman–Crippen LogP) is 4.25. The molecule has 0 saturated heterocycles. The van der Waals surface area contributed by atoms with Gasteiger partial charge in [0.25, 0.3) is 5.91 Å². The molecule has 22 heavy (non-hydrogen) atoms. The highest BCUT2D eigenvalue weighted by atomic mass is 35.5. The molecule has 0 aliphatic heterocycles. The van der Waals surface area contributed by atoms with Crippen LogP contribution in [0.5, 0.6) is 5.75 Å². The maximum Gasteiger partial charge on any atom is 0.262 e. The van der Waals surface area contributed by atoms with Crippen LogP contribution in [0.3, 0.4) is 0 Å². The highest BCUT2D eigenvalue weighted by Gasteiger charge is 2.11. The van der Waals surface area contributed by atoms with Gasteiger partial charge < -0.3 is 10.1 Å². The number of halogens is 3. The van der Waals surface area contributed by atoms with Crippen molar-refractivity contribution in [3.8, 4) is 5.75 Å². The second-order valence-electron chi connectivity index (χ2n) is 4.83. The predicted molar refractivity (Wildman–Crippen MR) is 81.4 cm³/mol. The number of benzene rings is 2. The highest BCUT2D eigenvalue weighted by molar-refractivity contribution is 6.30. The van der Waals surface area contributed by atoms with Crippen molar-refractivity contribution in [2.45, 2.75) is 13.8 Å². The zero-order chi connectivity index (χ0) is 16.3. The van der Waals surface area contributed by atoms with Gasteiger partial charge in [0.2, 0.25) is 0 Å². The molecule has 0 bridgehead atoms. The fraction of sp³-hybridized carbons (Fsp3) is 0.188. The Hall–Kier alpha value is -2.14. The zero-order valence-electron chi connectivity index (χ0n) is 12.0. The van der Waals surface area contributed by atoms with Crippen LogP contribution in [0.25, 0.3) is 0 Å².